The van der Waals surface area contributed by atoms with E-state index in [0.29, 0.717) is 6.54 Å². The summed E-state index contributed by atoms with van der Waals surface area (Å²) in [6.07, 6.45) is -9.51. The number of alkyl halides is 6. The quantitative estimate of drug-likeness (QED) is 0.801. The molecule has 0 atom stereocenters. The predicted octanol–water partition coefficient (Wildman–Crippen LogP) is 4.65. The molecule has 0 spiro atoms. The first-order chi connectivity index (χ1) is 9.29. The molecule has 0 saturated heterocycles. The summed E-state index contributed by atoms with van der Waals surface area (Å²) < 4.78 is 76.0. The molecule has 0 fully saturated rings. The van der Waals surface area contributed by atoms with Gasteiger partial charge in [-0.25, -0.2) is 0 Å². The number of rotatable bonds is 3. The van der Waals surface area contributed by atoms with Crippen LogP contribution < -0.4 is 5.32 Å². The van der Waals surface area contributed by atoms with Crippen LogP contribution in [0.1, 0.15) is 37.5 Å². The molecule has 0 aliphatic carbocycles. The molecular formula is C14H17F6N. The van der Waals surface area contributed by atoms with Crippen LogP contribution in [0.3, 0.4) is 0 Å². The molecule has 1 aromatic carbocycles. The molecule has 0 aromatic heterocycles. The van der Waals surface area contributed by atoms with E-state index in [-0.39, 0.29) is 23.6 Å². The predicted molar refractivity (Wildman–Crippen MR) is 67.9 cm³/mol. The van der Waals surface area contributed by atoms with Crippen LogP contribution in [0.5, 0.6) is 0 Å². The van der Waals surface area contributed by atoms with Crippen molar-refractivity contribution in [2.45, 2.75) is 45.1 Å². The maximum Gasteiger partial charge on any atom is 0.416 e. The molecule has 0 aliphatic rings. The van der Waals surface area contributed by atoms with Gasteiger partial charge in [0.15, 0.2) is 0 Å². The van der Waals surface area contributed by atoms with E-state index in [2.05, 4.69) is 5.32 Å². The molecule has 1 rings (SSSR count). The lowest BCUT2D eigenvalue weighted by atomic mass is 10.0. The maximum atomic E-state index is 12.7. The third kappa shape index (κ3) is 5.95. The van der Waals surface area contributed by atoms with Crippen molar-refractivity contribution in [1.82, 2.24) is 5.32 Å². The second-order valence-electron chi connectivity index (χ2n) is 5.84. The SMILES string of the molecule is CC(C)(C)NCCc1cc(C(F)(F)F)cc(C(F)(F)F)c1. The zero-order valence-electron chi connectivity index (χ0n) is 11.9. The molecule has 0 heterocycles. The second-order valence-corrected chi connectivity index (χ2v) is 5.84. The summed E-state index contributed by atoms with van der Waals surface area (Å²) in [5.41, 5.74) is -2.80. The lowest BCUT2D eigenvalue weighted by Crippen LogP contribution is -2.37. The molecule has 1 nitrogen and oxygen atoms in total. The molecule has 1 N–H and O–H groups in total. The highest BCUT2D eigenvalue weighted by atomic mass is 19.4. The fraction of sp³-hybridized carbons (Fsp3) is 0.571. The van der Waals surface area contributed by atoms with Gasteiger partial charge in [0, 0.05) is 5.54 Å². The van der Waals surface area contributed by atoms with Crippen LogP contribution in [0, 0.1) is 0 Å². The largest absolute Gasteiger partial charge is 0.416 e. The Kier molecular flexibility index (Phi) is 4.98. The highest BCUT2D eigenvalue weighted by Gasteiger charge is 2.36. The van der Waals surface area contributed by atoms with Gasteiger partial charge in [-0.05, 0) is 57.5 Å². The second kappa shape index (κ2) is 5.87. The molecule has 0 unspecified atom stereocenters. The number of hydrogen-bond acceptors (Lipinski definition) is 1. The van der Waals surface area contributed by atoms with E-state index >= 15 is 0 Å². The van der Waals surface area contributed by atoms with Gasteiger partial charge < -0.3 is 5.32 Å². The van der Waals surface area contributed by atoms with Crippen LogP contribution in [0.15, 0.2) is 18.2 Å². The Balaban J connectivity index is 3.03. The van der Waals surface area contributed by atoms with Crippen LogP contribution in [-0.2, 0) is 18.8 Å². The van der Waals surface area contributed by atoms with Gasteiger partial charge in [0.25, 0.3) is 0 Å². The van der Waals surface area contributed by atoms with Crippen LogP contribution in [0.2, 0.25) is 0 Å². The Bertz CT molecular complexity index is 449. The highest BCUT2D eigenvalue weighted by molar-refractivity contribution is 5.33. The van der Waals surface area contributed by atoms with Gasteiger partial charge in [0.05, 0.1) is 11.1 Å². The maximum absolute atomic E-state index is 12.7. The average Bonchev–Trinajstić information content (AvgIpc) is 2.24. The average molecular weight is 313 g/mol. The van der Waals surface area contributed by atoms with E-state index in [1.807, 2.05) is 20.8 Å². The summed E-state index contributed by atoms with van der Waals surface area (Å²) in [5, 5.41) is 3.02. The molecule has 120 valence electrons. The summed E-state index contributed by atoms with van der Waals surface area (Å²) in [4.78, 5) is 0. The van der Waals surface area contributed by atoms with E-state index in [9.17, 15) is 26.3 Å². The van der Waals surface area contributed by atoms with Gasteiger partial charge >= 0.3 is 12.4 Å². The zero-order chi connectivity index (χ0) is 16.5. The van der Waals surface area contributed by atoms with E-state index in [4.69, 9.17) is 0 Å². The van der Waals surface area contributed by atoms with Crippen molar-refractivity contribution < 1.29 is 26.3 Å². The van der Waals surface area contributed by atoms with E-state index in [1.54, 1.807) is 0 Å². The van der Waals surface area contributed by atoms with E-state index in [1.165, 1.54) is 0 Å². The minimum atomic E-state index is -4.80. The Hall–Kier alpha value is -1.24. The van der Waals surface area contributed by atoms with Crippen LogP contribution in [0.4, 0.5) is 26.3 Å². The first-order valence-electron chi connectivity index (χ1n) is 6.32. The molecule has 0 bridgehead atoms. The Labute approximate surface area is 119 Å². The number of hydrogen-bond donors (Lipinski definition) is 1. The smallest absolute Gasteiger partial charge is 0.312 e. The number of halogens is 6. The molecule has 0 saturated carbocycles. The normalized spacial score (nSPS) is 13.6. The van der Waals surface area contributed by atoms with Gasteiger partial charge in [0.2, 0.25) is 0 Å². The lowest BCUT2D eigenvalue weighted by Gasteiger charge is -2.21. The third-order valence-corrected chi connectivity index (χ3v) is 2.72. The van der Waals surface area contributed by atoms with Gasteiger partial charge in [-0.2, -0.15) is 26.3 Å². The standard InChI is InChI=1S/C14H17F6N/c1-12(2,3)21-5-4-9-6-10(13(15,16)17)8-11(7-9)14(18,19)20/h6-8,21H,4-5H2,1-3H3. The van der Waals surface area contributed by atoms with Crippen molar-refractivity contribution in [1.29, 1.82) is 0 Å². The highest BCUT2D eigenvalue weighted by Crippen LogP contribution is 2.36. The first-order valence-corrected chi connectivity index (χ1v) is 6.32. The third-order valence-electron chi connectivity index (χ3n) is 2.72. The van der Waals surface area contributed by atoms with Crippen LogP contribution in [-0.4, -0.2) is 12.1 Å². The Morgan fingerprint density at radius 1 is 0.810 bits per heavy atom. The molecular weight excluding hydrogens is 296 g/mol. The molecule has 21 heavy (non-hydrogen) atoms. The van der Waals surface area contributed by atoms with Gasteiger partial charge in [0.1, 0.15) is 0 Å². The summed E-state index contributed by atoms with van der Waals surface area (Å²) in [6, 6.07) is 1.67. The van der Waals surface area contributed by atoms with E-state index < -0.39 is 23.5 Å². The van der Waals surface area contributed by atoms with Crippen molar-refractivity contribution in [3.05, 3.63) is 34.9 Å². The van der Waals surface area contributed by atoms with Gasteiger partial charge in [-0.15, -0.1) is 0 Å². The summed E-state index contributed by atoms with van der Waals surface area (Å²) in [5.74, 6) is 0. The first kappa shape index (κ1) is 17.8. The Morgan fingerprint density at radius 3 is 1.57 bits per heavy atom. The monoisotopic (exact) mass is 313 g/mol. The fourth-order valence-corrected chi connectivity index (χ4v) is 1.75. The fourth-order valence-electron chi connectivity index (χ4n) is 1.75. The van der Waals surface area contributed by atoms with Crippen molar-refractivity contribution in [3.8, 4) is 0 Å². The molecule has 0 aliphatic heterocycles. The number of benzene rings is 1. The summed E-state index contributed by atoms with van der Waals surface area (Å²) in [7, 11) is 0. The van der Waals surface area contributed by atoms with Gasteiger partial charge in [-0.3, -0.25) is 0 Å². The Morgan fingerprint density at radius 2 is 1.24 bits per heavy atom. The molecule has 1 aromatic rings. The van der Waals surface area contributed by atoms with E-state index in [0.717, 1.165) is 12.1 Å². The zero-order valence-corrected chi connectivity index (χ0v) is 11.9. The van der Waals surface area contributed by atoms with Crippen LogP contribution >= 0.6 is 0 Å². The number of nitrogens with one attached hydrogen (secondary N) is 1. The molecule has 0 amide bonds. The molecule has 7 heteroatoms. The topological polar surface area (TPSA) is 12.0 Å². The van der Waals surface area contributed by atoms with Crippen molar-refractivity contribution in [2.24, 2.45) is 0 Å². The minimum absolute atomic E-state index is 0.00824. The summed E-state index contributed by atoms with van der Waals surface area (Å²) in [6.45, 7) is 5.88. The van der Waals surface area contributed by atoms with Crippen molar-refractivity contribution in [2.75, 3.05) is 6.54 Å². The van der Waals surface area contributed by atoms with Gasteiger partial charge in [-0.1, -0.05) is 0 Å². The lowest BCUT2D eigenvalue weighted by molar-refractivity contribution is -0.143. The van der Waals surface area contributed by atoms with Crippen molar-refractivity contribution >= 4 is 0 Å². The minimum Gasteiger partial charge on any atom is -0.312 e. The van der Waals surface area contributed by atoms with Crippen LogP contribution in [0.25, 0.3) is 0 Å². The van der Waals surface area contributed by atoms with Crippen molar-refractivity contribution in [3.63, 3.8) is 0 Å². The molecule has 0 radical (unpaired) electrons. The summed E-state index contributed by atoms with van der Waals surface area (Å²) >= 11 is 0.